The summed E-state index contributed by atoms with van der Waals surface area (Å²) in [5.41, 5.74) is 0. The number of ether oxygens (including phenoxy) is 1. The van der Waals surface area contributed by atoms with E-state index in [-0.39, 0.29) is 30.9 Å². The zero-order valence-electron chi connectivity index (χ0n) is 8.06. The van der Waals surface area contributed by atoms with E-state index in [2.05, 4.69) is 6.58 Å². The van der Waals surface area contributed by atoms with Crippen LogP contribution in [0, 0.1) is 0 Å². The monoisotopic (exact) mass is 197 g/mol. The highest BCUT2D eigenvalue weighted by atomic mass is 16.6. The van der Waals surface area contributed by atoms with Crippen molar-refractivity contribution in [2.45, 2.75) is 37.5 Å². The molecule has 0 aromatic heterocycles. The van der Waals surface area contributed by atoms with Gasteiger partial charge >= 0.3 is 6.09 Å². The SMILES string of the molecule is C=CCOC(=O)N1[C@@H]2CC(O)C[C@H]1C2. The number of aliphatic hydroxyl groups is 1. The average molecular weight is 197 g/mol. The van der Waals surface area contributed by atoms with Crippen LogP contribution in [0.25, 0.3) is 0 Å². The molecule has 78 valence electrons. The van der Waals surface area contributed by atoms with Gasteiger partial charge in [-0.05, 0) is 19.3 Å². The van der Waals surface area contributed by atoms with E-state index < -0.39 is 0 Å². The van der Waals surface area contributed by atoms with Crippen molar-refractivity contribution in [2.24, 2.45) is 0 Å². The Labute approximate surface area is 83.2 Å². The van der Waals surface area contributed by atoms with Crippen LogP contribution in [0.15, 0.2) is 12.7 Å². The Morgan fingerprint density at radius 1 is 1.50 bits per heavy atom. The smallest absolute Gasteiger partial charge is 0.410 e. The predicted molar refractivity (Wildman–Crippen MR) is 50.8 cm³/mol. The minimum atomic E-state index is -0.266. The van der Waals surface area contributed by atoms with E-state index in [9.17, 15) is 9.90 Å². The molecule has 1 N–H and O–H groups in total. The molecule has 2 saturated heterocycles. The van der Waals surface area contributed by atoms with Gasteiger partial charge in [-0.1, -0.05) is 12.7 Å². The van der Waals surface area contributed by atoms with Gasteiger partial charge in [0.25, 0.3) is 0 Å². The lowest BCUT2D eigenvalue weighted by Crippen LogP contribution is -2.64. The van der Waals surface area contributed by atoms with Crippen molar-refractivity contribution in [1.29, 1.82) is 0 Å². The second-order valence-electron chi connectivity index (χ2n) is 3.94. The highest BCUT2D eigenvalue weighted by Gasteiger charge is 2.48. The maximum Gasteiger partial charge on any atom is 0.410 e. The first-order valence-corrected chi connectivity index (χ1v) is 4.96. The second kappa shape index (κ2) is 3.61. The van der Waals surface area contributed by atoms with Gasteiger partial charge < -0.3 is 14.7 Å². The maximum atomic E-state index is 11.5. The Bertz CT molecular complexity index is 242. The van der Waals surface area contributed by atoms with Crippen LogP contribution in [0.5, 0.6) is 0 Å². The number of rotatable bonds is 2. The third-order valence-corrected chi connectivity index (χ3v) is 2.95. The molecule has 4 heteroatoms. The van der Waals surface area contributed by atoms with E-state index >= 15 is 0 Å². The van der Waals surface area contributed by atoms with Gasteiger partial charge in [0, 0.05) is 12.1 Å². The summed E-state index contributed by atoms with van der Waals surface area (Å²) >= 11 is 0. The molecule has 2 bridgehead atoms. The van der Waals surface area contributed by atoms with E-state index in [0.29, 0.717) is 12.8 Å². The Balaban J connectivity index is 1.88. The average Bonchev–Trinajstić information content (AvgIpc) is 2.14. The first kappa shape index (κ1) is 9.52. The molecule has 1 saturated carbocycles. The lowest BCUT2D eigenvalue weighted by molar-refractivity contribution is -0.0686. The van der Waals surface area contributed by atoms with Crippen molar-refractivity contribution in [3.05, 3.63) is 12.7 Å². The molecule has 3 rings (SSSR count). The fourth-order valence-corrected chi connectivity index (χ4v) is 2.35. The summed E-state index contributed by atoms with van der Waals surface area (Å²) in [6.45, 7) is 3.75. The largest absolute Gasteiger partial charge is 0.445 e. The maximum absolute atomic E-state index is 11.5. The van der Waals surface area contributed by atoms with Crippen LogP contribution in [0.3, 0.4) is 0 Å². The minimum Gasteiger partial charge on any atom is -0.445 e. The van der Waals surface area contributed by atoms with Gasteiger partial charge in [-0.3, -0.25) is 0 Å². The summed E-state index contributed by atoms with van der Waals surface area (Å²) in [7, 11) is 0. The second-order valence-corrected chi connectivity index (χ2v) is 3.94. The fourth-order valence-electron chi connectivity index (χ4n) is 2.35. The lowest BCUT2D eigenvalue weighted by Gasteiger charge is -2.53. The Kier molecular flexibility index (Phi) is 2.46. The lowest BCUT2D eigenvalue weighted by atomic mass is 9.78. The molecule has 14 heavy (non-hydrogen) atoms. The number of piperidine rings is 1. The quantitative estimate of drug-likeness (QED) is 0.669. The molecule has 2 heterocycles. The van der Waals surface area contributed by atoms with E-state index in [0.717, 1.165) is 6.42 Å². The molecule has 0 aromatic rings. The van der Waals surface area contributed by atoms with Crippen LogP contribution in [-0.4, -0.2) is 40.9 Å². The number of hydrogen-bond acceptors (Lipinski definition) is 3. The standard InChI is InChI=1S/C10H15NO3/c1-2-3-14-10(13)11-7-4-8(11)6-9(12)5-7/h2,7-9,12H,1,3-6H2/t7-,8+,9?. The molecule has 0 radical (unpaired) electrons. The first-order valence-electron chi connectivity index (χ1n) is 4.96. The highest BCUT2D eigenvalue weighted by molar-refractivity contribution is 5.70. The van der Waals surface area contributed by atoms with Crippen molar-refractivity contribution in [3.63, 3.8) is 0 Å². The summed E-state index contributed by atoms with van der Waals surface area (Å²) in [5.74, 6) is 0. The molecule has 1 unspecified atom stereocenters. The fraction of sp³-hybridized carbons (Fsp3) is 0.700. The highest BCUT2D eigenvalue weighted by Crippen LogP contribution is 2.38. The number of hydrogen-bond donors (Lipinski definition) is 1. The number of amides is 1. The molecule has 3 fully saturated rings. The zero-order chi connectivity index (χ0) is 10.1. The predicted octanol–water partition coefficient (Wildman–Crippen LogP) is 0.907. The molecule has 1 aliphatic carbocycles. The van der Waals surface area contributed by atoms with Crippen molar-refractivity contribution in [3.8, 4) is 0 Å². The Morgan fingerprint density at radius 3 is 2.71 bits per heavy atom. The van der Waals surface area contributed by atoms with Crippen LogP contribution in [0.2, 0.25) is 0 Å². The van der Waals surface area contributed by atoms with Gasteiger partial charge in [0.2, 0.25) is 0 Å². The van der Waals surface area contributed by atoms with E-state index in [4.69, 9.17) is 4.74 Å². The third kappa shape index (κ3) is 1.50. The van der Waals surface area contributed by atoms with Crippen molar-refractivity contribution in [2.75, 3.05) is 6.61 Å². The van der Waals surface area contributed by atoms with Crippen molar-refractivity contribution >= 4 is 6.09 Å². The van der Waals surface area contributed by atoms with Gasteiger partial charge in [-0.25, -0.2) is 4.79 Å². The van der Waals surface area contributed by atoms with Gasteiger partial charge in [0.1, 0.15) is 6.61 Å². The van der Waals surface area contributed by atoms with E-state index in [1.54, 1.807) is 11.0 Å². The van der Waals surface area contributed by atoms with Crippen molar-refractivity contribution in [1.82, 2.24) is 4.90 Å². The number of carbonyl (C=O) groups is 1. The number of fused-ring (bicyclic) bond motifs is 2. The zero-order valence-corrected chi connectivity index (χ0v) is 8.06. The molecule has 3 aliphatic rings. The topological polar surface area (TPSA) is 49.8 Å². The van der Waals surface area contributed by atoms with Gasteiger partial charge in [0.15, 0.2) is 0 Å². The molecule has 1 amide bonds. The van der Waals surface area contributed by atoms with Crippen LogP contribution >= 0.6 is 0 Å². The summed E-state index contributed by atoms with van der Waals surface area (Å²) in [6, 6.07) is 0.391. The summed E-state index contributed by atoms with van der Waals surface area (Å²) in [6.07, 6.45) is 3.46. The number of carbonyl (C=O) groups excluding carboxylic acids is 1. The molecule has 4 nitrogen and oxygen atoms in total. The minimum absolute atomic E-state index is 0.195. The van der Waals surface area contributed by atoms with Gasteiger partial charge in [-0.2, -0.15) is 0 Å². The van der Waals surface area contributed by atoms with Crippen molar-refractivity contribution < 1.29 is 14.6 Å². The Hall–Kier alpha value is -1.03. The molecule has 0 spiro atoms. The summed E-state index contributed by atoms with van der Waals surface area (Å²) in [4.78, 5) is 13.2. The van der Waals surface area contributed by atoms with Gasteiger partial charge in [0.05, 0.1) is 6.10 Å². The van der Waals surface area contributed by atoms with E-state index in [1.165, 1.54) is 0 Å². The normalized spacial score (nSPS) is 34.6. The third-order valence-electron chi connectivity index (χ3n) is 2.95. The molecular formula is C10H15NO3. The summed E-state index contributed by atoms with van der Waals surface area (Å²) < 4.78 is 4.95. The Morgan fingerprint density at radius 2 is 2.14 bits per heavy atom. The van der Waals surface area contributed by atoms with Gasteiger partial charge in [-0.15, -0.1) is 0 Å². The van der Waals surface area contributed by atoms with Crippen LogP contribution in [-0.2, 0) is 4.74 Å². The van der Waals surface area contributed by atoms with Crippen LogP contribution in [0.4, 0.5) is 4.79 Å². The molecule has 3 atom stereocenters. The number of nitrogens with zero attached hydrogens (tertiary/aromatic N) is 1. The van der Waals surface area contributed by atoms with Crippen LogP contribution < -0.4 is 0 Å². The van der Waals surface area contributed by atoms with Crippen LogP contribution in [0.1, 0.15) is 19.3 Å². The summed E-state index contributed by atoms with van der Waals surface area (Å²) in [5, 5.41) is 9.39. The number of aliphatic hydroxyl groups excluding tert-OH is 1. The first-order chi connectivity index (χ1) is 6.72. The molecule has 2 aliphatic heterocycles. The molecular weight excluding hydrogens is 182 g/mol. The van der Waals surface area contributed by atoms with E-state index in [1.807, 2.05) is 0 Å². The molecule has 0 aromatic carbocycles.